The summed E-state index contributed by atoms with van der Waals surface area (Å²) in [6, 6.07) is 2.14. The van der Waals surface area contributed by atoms with Gasteiger partial charge in [0.1, 0.15) is 0 Å². The smallest absolute Gasteiger partial charge is 0.0643 e. The van der Waals surface area contributed by atoms with Crippen molar-refractivity contribution in [2.45, 2.75) is 63.4 Å². The predicted octanol–water partition coefficient (Wildman–Crippen LogP) is 3.33. The fourth-order valence-electron chi connectivity index (χ4n) is 4.78. The monoisotopic (exact) mass is 303 g/mol. The van der Waals surface area contributed by atoms with Gasteiger partial charge in [0.05, 0.1) is 6.10 Å². The van der Waals surface area contributed by atoms with E-state index in [1.54, 1.807) is 0 Å². The largest absolute Gasteiger partial charge is 0.378 e. The molecule has 0 amide bonds. The number of likely N-dealkylation sites (tertiary alicyclic amines) is 1. The molecule has 0 aromatic carbocycles. The van der Waals surface area contributed by atoms with Crippen LogP contribution < -0.4 is 0 Å². The van der Waals surface area contributed by atoms with Gasteiger partial charge in [0.15, 0.2) is 0 Å². The SMILES string of the molecule is c1cc(C2CCN(CC3(C4CCCCO4)CCC3)CC2)[nH]n1. The van der Waals surface area contributed by atoms with Crippen molar-refractivity contribution >= 4 is 0 Å². The fraction of sp³-hybridized carbons (Fsp3) is 0.833. The highest BCUT2D eigenvalue weighted by atomic mass is 16.5. The molecule has 2 aliphatic heterocycles. The fourth-order valence-corrected chi connectivity index (χ4v) is 4.78. The molecule has 1 aromatic rings. The zero-order valence-corrected chi connectivity index (χ0v) is 13.6. The second-order valence-electron chi connectivity index (χ2n) is 7.63. The summed E-state index contributed by atoms with van der Waals surface area (Å²) in [6.07, 6.45) is 13.1. The van der Waals surface area contributed by atoms with Gasteiger partial charge < -0.3 is 9.64 Å². The number of ether oxygens (including phenoxy) is 1. The first-order valence-corrected chi connectivity index (χ1v) is 9.19. The van der Waals surface area contributed by atoms with E-state index in [2.05, 4.69) is 21.2 Å². The minimum atomic E-state index is 0.487. The summed E-state index contributed by atoms with van der Waals surface area (Å²) in [4.78, 5) is 2.71. The molecule has 3 heterocycles. The Morgan fingerprint density at radius 2 is 2.05 bits per heavy atom. The normalized spacial score (nSPS) is 30.1. The van der Waals surface area contributed by atoms with Crippen LogP contribution in [-0.4, -0.2) is 47.4 Å². The van der Waals surface area contributed by atoms with Crippen LogP contribution in [0.2, 0.25) is 0 Å². The first-order valence-electron chi connectivity index (χ1n) is 9.19. The first kappa shape index (κ1) is 14.7. The molecule has 0 bridgehead atoms. The molecule has 22 heavy (non-hydrogen) atoms. The summed E-state index contributed by atoms with van der Waals surface area (Å²) in [5.41, 5.74) is 1.81. The van der Waals surface area contributed by atoms with Crippen LogP contribution in [0, 0.1) is 5.41 Å². The number of hydrogen-bond donors (Lipinski definition) is 1. The molecule has 4 heteroatoms. The molecule has 3 aliphatic rings. The van der Waals surface area contributed by atoms with Crippen LogP contribution in [0.4, 0.5) is 0 Å². The van der Waals surface area contributed by atoms with Gasteiger partial charge in [0.25, 0.3) is 0 Å². The van der Waals surface area contributed by atoms with Crippen molar-refractivity contribution in [3.8, 4) is 0 Å². The molecule has 1 N–H and O–H groups in total. The Morgan fingerprint density at radius 3 is 2.64 bits per heavy atom. The summed E-state index contributed by atoms with van der Waals surface area (Å²) in [7, 11) is 0. The van der Waals surface area contributed by atoms with Crippen molar-refractivity contribution in [1.29, 1.82) is 0 Å². The Hall–Kier alpha value is -0.870. The Kier molecular flexibility index (Phi) is 4.23. The van der Waals surface area contributed by atoms with Gasteiger partial charge in [-0.3, -0.25) is 5.10 Å². The number of nitrogens with one attached hydrogen (secondary N) is 1. The number of piperidine rings is 1. The van der Waals surface area contributed by atoms with Gasteiger partial charge in [-0.05, 0) is 64.1 Å². The molecule has 1 aromatic heterocycles. The minimum absolute atomic E-state index is 0.487. The maximum absolute atomic E-state index is 6.17. The van der Waals surface area contributed by atoms with Crippen molar-refractivity contribution in [1.82, 2.24) is 15.1 Å². The third kappa shape index (κ3) is 2.83. The molecule has 1 aliphatic carbocycles. The average Bonchev–Trinajstić information content (AvgIpc) is 3.07. The molecular weight excluding hydrogens is 274 g/mol. The van der Waals surface area contributed by atoms with Crippen molar-refractivity contribution < 1.29 is 4.74 Å². The summed E-state index contributed by atoms with van der Waals surface area (Å²) in [5, 5.41) is 7.26. The van der Waals surface area contributed by atoms with Crippen LogP contribution in [0.15, 0.2) is 12.3 Å². The van der Waals surface area contributed by atoms with E-state index >= 15 is 0 Å². The lowest BCUT2D eigenvalue weighted by Gasteiger charge is -2.51. The summed E-state index contributed by atoms with van der Waals surface area (Å²) in [6.45, 7) is 4.73. The van der Waals surface area contributed by atoms with Crippen molar-refractivity contribution in [2.75, 3.05) is 26.2 Å². The van der Waals surface area contributed by atoms with Crippen LogP contribution >= 0.6 is 0 Å². The Labute approximate surface area is 133 Å². The number of rotatable bonds is 4. The standard InChI is InChI=1S/C18H29N3O/c1-2-13-22-17(4-1)18(8-3-9-18)14-21-11-6-15(7-12-21)16-5-10-19-20-16/h5,10,15,17H,1-4,6-9,11-14H2,(H,19,20). The van der Waals surface area contributed by atoms with Crippen molar-refractivity contribution in [3.63, 3.8) is 0 Å². The van der Waals surface area contributed by atoms with Gasteiger partial charge >= 0.3 is 0 Å². The van der Waals surface area contributed by atoms with E-state index in [0.29, 0.717) is 17.4 Å². The van der Waals surface area contributed by atoms with Crippen molar-refractivity contribution in [2.24, 2.45) is 5.41 Å². The topological polar surface area (TPSA) is 41.1 Å². The third-order valence-electron chi connectivity index (χ3n) is 6.30. The van der Waals surface area contributed by atoms with Crippen LogP contribution in [0.3, 0.4) is 0 Å². The lowest BCUT2D eigenvalue weighted by molar-refractivity contribution is -0.117. The van der Waals surface area contributed by atoms with E-state index < -0.39 is 0 Å². The summed E-state index contributed by atoms with van der Waals surface area (Å²) in [5.74, 6) is 0.682. The molecule has 1 saturated carbocycles. The van der Waals surface area contributed by atoms with Crippen LogP contribution in [-0.2, 0) is 4.74 Å². The molecule has 122 valence electrons. The molecule has 0 radical (unpaired) electrons. The number of hydrogen-bond acceptors (Lipinski definition) is 3. The quantitative estimate of drug-likeness (QED) is 0.927. The maximum Gasteiger partial charge on any atom is 0.0643 e. The molecule has 0 spiro atoms. The molecule has 2 saturated heterocycles. The Balaban J connectivity index is 1.33. The second kappa shape index (κ2) is 6.32. The van der Waals surface area contributed by atoms with Crippen LogP contribution in [0.5, 0.6) is 0 Å². The highest BCUT2D eigenvalue weighted by molar-refractivity contribution is 5.07. The molecule has 4 rings (SSSR count). The van der Waals surface area contributed by atoms with Gasteiger partial charge in [-0.1, -0.05) is 6.42 Å². The molecule has 1 atom stereocenters. The zero-order chi connectivity index (χ0) is 14.8. The number of H-pyrrole nitrogens is 1. The van der Waals surface area contributed by atoms with Gasteiger partial charge in [-0.15, -0.1) is 0 Å². The van der Waals surface area contributed by atoms with E-state index in [1.165, 1.54) is 76.7 Å². The molecule has 4 nitrogen and oxygen atoms in total. The summed E-state index contributed by atoms with van der Waals surface area (Å²) < 4.78 is 6.17. The number of aromatic amines is 1. The average molecular weight is 303 g/mol. The second-order valence-corrected chi connectivity index (χ2v) is 7.63. The van der Waals surface area contributed by atoms with E-state index in [9.17, 15) is 0 Å². The maximum atomic E-state index is 6.17. The Bertz CT molecular complexity index is 455. The van der Waals surface area contributed by atoms with Gasteiger partial charge in [0, 0.05) is 36.4 Å². The molecule has 3 fully saturated rings. The number of aromatic nitrogens is 2. The Morgan fingerprint density at radius 1 is 1.18 bits per heavy atom. The van der Waals surface area contributed by atoms with E-state index in [1.807, 2.05) is 6.20 Å². The van der Waals surface area contributed by atoms with E-state index in [4.69, 9.17) is 4.74 Å². The molecular formula is C18H29N3O. The number of nitrogens with zero attached hydrogens (tertiary/aromatic N) is 2. The molecule has 1 unspecified atom stereocenters. The zero-order valence-electron chi connectivity index (χ0n) is 13.6. The van der Waals surface area contributed by atoms with E-state index in [-0.39, 0.29) is 0 Å². The van der Waals surface area contributed by atoms with Crippen molar-refractivity contribution in [3.05, 3.63) is 18.0 Å². The highest BCUT2D eigenvalue weighted by Crippen LogP contribution is 2.48. The summed E-state index contributed by atoms with van der Waals surface area (Å²) >= 11 is 0. The third-order valence-corrected chi connectivity index (χ3v) is 6.30. The predicted molar refractivity (Wildman–Crippen MR) is 86.9 cm³/mol. The van der Waals surface area contributed by atoms with Crippen LogP contribution in [0.1, 0.15) is 63.0 Å². The van der Waals surface area contributed by atoms with Gasteiger partial charge in [-0.2, -0.15) is 5.10 Å². The first-order chi connectivity index (χ1) is 10.9. The van der Waals surface area contributed by atoms with Crippen LogP contribution in [0.25, 0.3) is 0 Å². The highest BCUT2D eigenvalue weighted by Gasteiger charge is 2.46. The van der Waals surface area contributed by atoms with Gasteiger partial charge in [0.2, 0.25) is 0 Å². The minimum Gasteiger partial charge on any atom is -0.378 e. The van der Waals surface area contributed by atoms with Gasteiger partial charge in [-0.25, -0.2) is 0 Å². The van der Waals surface area contributed by atoms with E-state index in [0.717, 1.165) is 6.61 Å². The lowest BCUT2D eigenvalue weighted by atomic mass is 9.63. The lowest BCUT2D eigenvalue weighted by Crippen LogP contribution is -2.52.